The molecule has 0 radical (unpaired) electrons. The lowest BCUT2D eigenvalue weighted by molar-refractivity contribution is 0.143. The summed E-state index contributed by atoms with van der Waals surface area (Å²) in [6.07, 6.45) is -0.368. The molecule has 0 heterocycles. The first-order chi connectivity index (χ1) is 12.6. The van der Waals surface area contributed by atoms with Gasteiger partial charge in [-0.2, -0.15) is 0 Å². The molecule has 134 valence electrons. The van der Waals surface area contributed by atoms with Crippen LogP contribution in [0, 0.1) is 0 Å². The monoisotopic (exact) mass is 349 g/mol. The van der Waals surface area contributed by atoms with Gasteiger partial charge in [0.15, 0.2) is 0 Å². The number of hydrogen-bond acceptors (Lipinski definition) is 4. The summed E-state index contributed by atoms with van der Waals surface area (Å²) in [7, 11) is 0. The third-order valence-corrected chi connectivity index (χ3v) is 4.31. The second kappa shape index (κ2) is 8.52. The Bertz CT molecular complexity index is 821. The molecule has 4 N–H and O–H groups in total. The van der Waals surface area contributed by atoms with Gasteiger partial charge in [0.25, 0.3) is 0 Å². The maximum absolute atomic E-state index is 10.4. The van der Waals surface area contributed by atoms with E-state index in [0.717, 1.165) is 11.1 Å². The molecule has 0 aliphatic rings. The Hall–Kier alpha value is -2.82. The zero-order valence-corrected chi connectivity index (χ0v) is 14.5. The van der Waals surface area contributed by atoms with E-state index in [0.29, 0.717) is 24.3 Å². The van der Waals surface area contributed by atoms with E-state index < -0.39 is 12.1 Å². The van der Waals surface area contributed by atoms with E-state index in [4.69, 9.17) is 10.5 Å². The van der Waals surface area contributed by atoms with Crippen molar-refractivity contribution in [3.63, 3.8) is 0 Å². The van der Waals surface area contributed by atoms with Gasteiger partial charge in [0.2, 0.25) is 0 Å². The van der Waals surface area contributed by atoms with Crippen LogP contribution < -0.4 is 10.5 Å². The van der Waals surface area contributed by atoms with Crippen molar-refractivity contribution in [2.45, 2.75) is 25.2 Å². The van der Waals surface area contributed by atoms with E-state index >= 15 is 0 Å². The van der Waals surface area contributed by atoms with Crippen LogP contribution in [0.4, 0.5) is 0 Å². The number of benzene rings is 3. The number of aliphatic hydroxyl groups excluding tert-OH is 1. The van der Waals surface area contributed by atoms with Gasteiger partial charge >= 0.3 is 0 Å². The second-order valence-corrected chi connectivity index (χ2v) is 6.28. The lowest BCUT2D eigenvalue weighted by atomic mass is 9.96. The van der Waals surface area contributed by atoms with Crippen molar-refractivity contribution in [3.8, 4) is 11.5 Å². The summed E-state index contributed by atoms with van der Waals surface area (Å²) in [4.78, 5) is 0. The summed E-state index contributed by atoms with van der Waals surface area (Å²) < 4.78 is 5.70. The van der Waals surface area contributed by atoms with Crippen molar-refractivity contribution in [3.05, 3.63) is 95.6 Å². The van der Waals surface area contributed by atoms with Crippen molar-refractivity contribution in [1.29, 1.82) is 0 Å². The number of nitrogens with two attached hydrogens (primary N) is 1. The first kappa shape index (κ1) is 18.0. The minimum Gasteiger partial charge on any atom is -0.507 e. The number of rotatable bonds is 7. The maximum Gasteiger partial charge on any atom is 0.124 e. The van der Waals surface area contributed by atoms with Gasteiger partial charge in [0.05, 0.1) is 12.1 Å². The zero-order valence-electron chi connectivity index (χ0n) is 14.5. The number of ether oxygens (including phenoxy) is 1. The average Bonchev–Trinajstić information content (AvgIpc) is 2.67. The second-order valence-electron chi connectivity index (χ2n) is 6.28. The summed E-state index contributed by atoms with van der Waals surface area (Å²) in [6.45, 7) is 0.419. The molecule has 26 heavy (non-hydrogen) atoms. The number of aromatic hydroxyl groups is 1. The Balaban J connectivity index is 1.64. The summed E-state index contributed by atoms with van der Waals surface area (Å²) in [5.74, 6) is 0.579. The van der Waals surface area contributed by atoms with E-state index in [1.54, 1.807) is 12.1 Å². The summed E-state index contributed by atoms with van der Waals surface area (Å²) in [5.41, 5.74) is 8.70. The van der Waals surface area contributed by atoms with E-state index in [-0.39, 0.29) is 5.75 Å². The molecular weight excluding hydrogens is 326 g/mol. The number of aliphatic hydroxyl groups is 1. The molecule has 0 amide bonds. The summed E-state index contributed by atoms with van der Waals surface area (Å²) in [5, 5.41) is 20.7. The zero-order chi connectivity index (χ0) is 18.4. The van der Waals surface area contributed by atoms with Gasteiger partial charge in [0, 0.05) is 18.1 Å². The number of phenols is 1. The maximum atomic E-state index is 10.4. The topological polar surface area (TPSA) is 75.7 Å². The van der Waals surface area contributed by atoms with Gasteiger partial charge in [-0.1, -0.05) is 60.7 Å². The Morgan fingerprint density at radius 1 is 0.846 bits per heavy atom. The molecule has 3 rings (SSSR count). The van der Waals surface area contributed by atoms with Crippen LogP contribution in [0.15, 0.2) is 78.9 Å². The highest BCUT2D eigenvalue weighted by molar-refractivity contribution is 5.42. The smallest absolute Gasteiger partial charge is 0.124 e. The Kier molecular flexibility index (Phi) is 5.89. The van der Waals surface area contributed by atoms with Gasteiger partial charge in [-0.25, -0.2) is 0 Å². The lowest BCUT2D eigenvalue weighted by Crippen LogP contribution is -2.28. The molecule has 0 saturated heterocycles. The molecule has 0 aromatic heterocycles. The Morgan fingerprint density at radius 3 is 2.08 bits per heavy atom. The molecule has 0 bridgehead atoms. The van der Waals surface area contributed by atoms with Crippen LogP contribution in [0.1, 0.15) is 22.7 Å². The SMILES string of the molecule is N[C@@H](c1ccc(OCc2ccccc2)cc1O)[C@H](O)Cc1ccccc1. The third-order valence-electron chi connectivity index (χ3n) is 4.31. The van der Waals surface area contributed by atoms with Gasteiger partial charge < -0.3 is 20.7 Å². The largest absolute Gasteiger partial charge is 0.507 e. The molecule has 4 heteroatoms. The molecule has 0 fully saturated rings. The van der Waals surface area contributed by atoms with Gasteiger partial charge in [-0.05, 0) is 23.3 Å². The van der Waals surface area contributed by atoms with Crippen molar-refractivity contribution in [2.24, 2.45) is 5.73 Å². The van der Waals surface area contributed by atoms with Crippen molar-refractivity contribution < 1.29 is 14.9 Å². The van der Waals surface area contributed by atoms with Crippen LogP contribution in [0.25, 0.3) is 0 Å². The Morgan fingerprint density at radius 2 is 1.46 bits per heavy atom. The molecule has 0 aliphatic carbocycles. The third kappa shape index (κ3) is 4.63. The normalized spacial score (nSPS) is 13.2. The van der Waals surface area contributed by atoms with E-state index in [1.165, 1.54) is 6.07 Å². The average molecular weight is 349 g/mol. The molecule has 3 aromatic rings. The van der Waals surface area contributed by atoms with E-state index in [1.807, 2.05) is 60.7 Å². The fraction of sp³-hybridized carbons (Fsp3) is 0.182. The lowest BCUT2D eigenvalue weighted by Gasteiger charge is -2.20. The van der Waals surface area contributed by atoms with E-state index in [9.17, 15) is 10.2 Å². The minimum atomic E-state index is -0.792. The summed E-state index contributed by atoms with van der Waals surface area (Å²) >= 11 is 0. The first-order valence-corrected chi connectivity index (χ1v) is 8.60. The van der Waals surface area contributed by atoms with Crippen LogP contribution in [-0.2, 0) is 13.0 Å². The number of hydrogen-bond donors (Lipinski definition) is 3. The molecule has 0 aliphatic heterocycles. The highest BCUT2D eigenvalue weighted by atomic mass is 16.5. The highest BCUT2D eigenvalue weighted by Crippen LogP contribution is 2.30. The Labute approximate surface area is 153 Å². The molecule has 3 aromatic carbocycles. The van der Waals surface area contributed by atoms with Gasteiger partial charge in [-0.3, -0.25) is 0 Å². The van der Waals surface area contributed by atoms with Crippen LogP contribution in [0.3, 0.4) is 0 Å². The van der Waals surface area contributed by atoms with Gasteiger partial charge in [-0.15, -0.1) is 0 Å². The molecule has 0 unspecified atom stereocenters. The molecule has 4 nitrogen and oxygen atoms in total. The molecule has 0 spiro atoms. The first-order valence-electron chi connectivity index (χ1n) is 8.60. The predicted octanol–water partition coefficient (Wildman–Crippen LogP) is 3.57. The number of phenolic OH excluding ortho intramolecular Hbond substituents is 1. The summed E-state index contributed by atoms with van der Waals surface area (Å²) in [6, 6.07) is 23.8. The van der Waals surface area contributed by atoms with Crippen molar-refractivity contribution in [1.82, 2.24) is 0 Å². The van der Waals surface area contributed by atoms with E-state index in [2.05, 4.69) is 0 Å². The minimum absolute atomic E-state index is 0.0233. The fourth-order valence-electron chi connectivity index (χ4n) is 2.83. The quantitative estimate of drug-likeness (QED) is 0.609. The standard InChI is InChI=1S/C22H23NO3/c23-22(21(25)13-16-7-3-1-4-8-16)19-12-11-18(14-20(19)24)26-15-17-9-5-2-6-10-17/h1-12,14,21-22,24-25H,13,15,23H2/t21-,22+/m1/s1. The molecular formula is C22H23NO3. The van der Waals surface area contributed by atoms with Crippen LogP contribution in [0.5, 0.6) is 11.5 Å². The van der Waals surface area contributed by atoms with Crippen LogP contribution in [-0.4, -0.2) is 16.3 Å². The molecule has 0 saturated carbocycles. The molecule has 2 atom stereocenters. The van der Waals surface area contributed by atoms with Crippen LogP contribution >= 0.6 is 0 Å². The highest BCUT2D eigenvalue weighted by Gasteiger charge is 2.20. The van der Waals surface area contributed by atoms with Crippen molar-refractivity contribution in [2.75, 3.05) is 0 Å². The van der Waals surface area contributed by atoms with Crippen LogP contribution in [0.2, 0.25) is 0 Å². The van der Waals surface area contributed by atoms with Crippen molar-refractivity contribution >= 4 is 0 Å². The fourth-order valence-corrected chi connectivity index (χ4v) is 2.83. The predicted molar refractivity (Wildman–Crippen MR) is 102 cm³/mol. The van der Waals surface area contributed by atoms with Gasteiger partial charge in [0.1, 0.15) is 18.1 Å².